The number of pyridine rings is 1. The van der Waals surface area contributed by atoms with Crippen LogP contribution < -0.4 is 5.32 Å². The molecular weight excluding hydrogens is 398 g/mol. The van der Waals surface area contributed by atoms with Gasteiger partial charge in [0, 0.05) is 49.4 Å². The minimum Gasteiger partial charge on any atom is -0.381 e. The Labute approximate surface area is 180 Å². The quantitative estimate of drug-likeness (QED) is 0.799. The lowest BCUT2D eigenvalue weighted by Crippen LogP contribution is -2.42. The number of hydrogen-bond acceptors (Lipinski definition) is 6. The lowest BCUT2D eigenvalue weighted by atomic mass is 9.99. The van der Waals surface area contributed by atoms with Crippen LogP contribution >= 0.6 is 0 Å². The van der Waals surface area contributed by atoms with Gasteiger partial charge in [0.25, 0.3) is 5.91 Å². The van der Waals surface area contributed by atoms with Crippen molar-refractivity contribution in [1.29, 1.82) is 0 Å². The Balaban J connectivity index is 1.16. The van der Waals surface area contributed by atoms with Crippen LogP contribution in [0, 0.1) is 5.92 Å². The Morgan fingerprint density at radius 1 is 1.03 bits per heavy atom. The van der Waals surface area contributed by atoms with Gasteiger partial charge < -0.3 is 24.4 Å². The number of nitrogens with one attached hydrogen (secondary N) is 1. The molecule has 4 heterocycles. The first kappa shape index (κ1) is 20.4. The average Bonchev–Trinajstić information content (AvgIpc) is 3.14. The van der Waals surface area contributed by atoms with Gasteiger partial charge >= 0.3 is 0 Å². The van der Waals surface area contributed by atoms with Crippen LogP contribution in [0.1, 0.15) is 23.2 Å². The van der Waals surface area contributed by atoms with Gasteiger partial charge in [-0.25, -0.2) is 0 Å². The predicted molar refractivity (Wildman–Crippen MR) is 113 cm³/mol. The van der Waals surface area contributed by atoms with Crippen molar-refractivity contribution in [2.75, 3.05) is 39.5 Å². The van der Waals surface area contributed by atoms with Gasteiger partial charge in [-0.1, -0.05) is 6.07 Å². The molecule has 31 heavy (non-hydrogen) atoms. The van der Waals surface area contributed by atoms with E-state index in [0.29, 0.717) is 45.1 Å². The van der Waals surface area contributed by atoms with Gasteiger partial charge in [0.05, 0.1) is 24.8 Å². The van der Waals surface area contributed by atoms with Crippen molar-refractivity contribution >= 4 is 22.7 Å². The van der Waals surface area contributed by atoms with Crippen molar-refractivity contribution in [3.8, 4) is 0 Å². The summed E-state index contributed by atoms with van der Waals surface area (Å²) in [4.78, 5) is 31.7. The summed E-state index contributed by atoms with van der Waals surface area (Å²) < 4.78 is 17.5. The molecule has 0 aliphatic carbocycles. The van der Waals surface area contributed by atoms with Crippen molar-refractivity contribution in [3.05, 3.63) is 42.1 Å². The van der Waals surface area contributed by atoms with Gasteiger partial charge in [0.1, 0.15) is 12.2 Å². The maximum Gasteiger partial charge on any atom is 0.251 e. The van der Waals surface area contributed by atoms with Crippen molar-refractivity contribution in [3.63, 3.8) is 0 Å². The maximum atomic E-state index is 12.8. The van der Waals surface area contributed by atoms with E-state index in [9.17, 15) is 9.59 Å². The highest BCUT2D eigenvalue weighted by molar-refractivity contribution is 5.98. The van der Waals surface area contributed by atoms with Gasteiger partial charge in [-0.05, 0) is 37.1 Å². The highest BCUT2D eigenvalue weighted by atomic mass is 16.6. The van der Waals surface area contributed by atoms with Crippen LogP contribution in [0.3, 0.4) is 0 Å². The van der Waals surface area contributed by atoms with Crippen LogP contribution in [0.15, 0.2) is 36.5 Å². The van der Waals surface area contributed by atoms with E-state index in [1.54, 1.807) is 12.3 Å². The molecule has 8 nitrogen and oxygen atoms in total. The van der Waals surface area contributed by atoms with E-state index < -0.39 is 0 Å². The summed E-state index contributed by atoms with van der Waals surface area (Å²) in [6, 6.07) is 9.01. The Morgan fingerprint density at radius 3 is 2.52 bits per heavy atom. The summed E-state index contributed by atoms with van der Waals surface area (Å²) in [5.41, 5.74) is 1.44. The summed E-state index contributed by atoms with van der Waals surface area (Å²) in [6.45, 7) is 3.11. The monoisotopic (exact) mass is 425 g/mol. The number of ether oxygens (including phenoxy) is 3. The van der Waals surface area contributed by atoms with Crippen LogP contribution in [0.4, 0.5) is 0 Å². The van der Waals surface area contributed by atoms with Gasteiger partial charge in [-0.15, -0.1) is 0 Å². The molecule has 1 aromatic carbocycles. The van der Waals surface area contributed by atoms with Crippen molar-refractivity contribution in [1.82, 2.24) is 15.2 Å². The molecule has 5 rings (SSSR count). The zero-order chi connectivity index (χ0) is 21.2. The summed E-state index contributed by atoms with van der Waals surface area (Å²) in [6.07, 6.45) is 2.99. The summed E-state index contributed by atoms with van der Waals surface area (Å²) in [7, 11) is 0. The first-order chi connectivity index (χ1) is 15.2. The molecule has 0 unspecified atom stereocenters. The van der Waals surface area contributed by atoms with E-state index in [0.717, 1.165) is 23.7 Å². The molecule has 3 fully saturated rings. The molecule has 0 radical (unpaired) electrons. The minimum absolute atomic E-state index is 0.0419. The average molecular weight is 425 g/mol. The van der Waals surface area contributed by atoms with E-state index in [-0.39, 0.29) is 36.0 Å². The number of amides is 2. The minimum atomic E-state index is -0.234. The zero-order valence-corrected chi connectivity index (χ0v) is 17.4. The fraction of sp³-hybridized carbons (Fsp3) is 0.522. The number of nitrogens with zero attached hydrogens (tertiary/aromatic N) is 2. The second kappa shape index (κ2) is 8.90. The highest BCUT2D eigenvalue weighted by Crippen LogP contribution is 2.25. The Bertz CT molecular complexity index is 945. The van der Waals surface area contributed by atoms with Gasteiger partial charge in [-0.3, -0.25) is 14.6 Å². The standard InChI is InChI=1S/C23H27N3O5/c27-22(17-3-4-19-16(10-17)2-1-7-24-19)25-18-13-30-20-11-26(12-21(20)31-14-18)23(28)15-5-8-29-9-6-15/h1-4,7,10,15,18,20-21H,5-6,8-9,11-14H2,(H,25,27)/t20-,21-/m0/s1. The van der Waals surface area contributed by atoms with Crippen LogP contribution in [0.5, 0.6) is 0 Å². The normalized spacial score (nSPS) is 25.2. The third-order valence-corrected chi connectivity index (χ3v) is 6.32. The van der Waals surface area contributed by atoms with Gasteiger partial charge in [0.15, 0.2) is 0 Å². The fourth-order valence-corrected chi connectivity index (χ4v) is 4.54. The largest absolute Gasteiger partial charge is 0.381 e. The number of likely N-dealkylation sites (tertiary alicyclic amines) is 1. The summed E-state index contributed by atoms with van der Waals surface area (Å²) in [5, 5.41) is 3.93. The number of aromatic nitrogens is 1. The smallest absolute Gasteiger partial charge is 0.251 e. The first-order valence-electron chi connectivity index (χ1n) is 10.9. The lowest BCUT2D eigenvalue weighted by molar-refractivity contribution is -0.138. The summed E-state index contributed by atoms with van der Waals surface area (Å²) >= 11 is 0. The molecule has 2 aromatic rings. The fourth-order valence-electron chi connectivity index (χ4n) is 4.54. The number of carbonyl (C=O) groups excluding carboxylic acids is 2. The maximum absolute atomic E-state index is 12.8. The topological polar surface area (TPSA) is 90.0 Å². The molecular formula is C23H27N3O5. The molecule has 3 saturated heterocycles. The summed E-state index contributed by atoms with van der Waals surface area (Å²) in [5.74, 6) is 0.0610. The Morgan fingerprint density at radius 2 is 1.77 bits per heavy atom. The van der Waals surface area contributed by atoms with Gasteiger partial charge in [-0.2, -0.15) is 0 Å². The first-order valence-corrected chi connectivity index (χ1v) is 10.9. The van der Waals surface area contributed by atoms with Crippen molar-refractivity contribution < 1.29 is 23.8 Å². The molecule has 1 N–H and O–H groups in total. The molecule has 1 aromatic heterocycles. The van der Waals surface area contributed by atoms with Crippen LogP contribution in [0.25, 0.3) is 10.9 Å². The lowest BCUT2D eigenvalue weighted by Gasteiger charge is -2.26. The molecule has 0 spiro atoms. The second-order valence-corrected chi connectivity index (χ2v) is 8.45. The molecule has 0 bridgehead atoms. The SMILES string of the molecule is O=C(NC1CO[C@H]2CN(C(=O)C3CCOCC3)C[C@@H]2OC1)c1ccc2ncccc2c1. The molecule has 8 heteroatoms. The van der Waals surface area contributed by atoms with Crippen LogP contribution in [-0.4, -0.2) is 79.5 Å². The molecule has 2 atom stereocenters. The van der Waals surface area contributed by atoms with Crippen LogP contribution in [-0.2, 0) is 19.0 Å². The van der Waals surface area contributed by atoms with E-state index in [2.05, 4.69) is 10.3 Å². The third kappa shape index (κ3) is 4.42. The van der Waals surface area contributed by atoms with Crippen molar-refractivity contribution in [2.24, 2.45) is 5.92 Å². The number of carbonyl (C=O) groups is 2. The molecule has 2 amide bonds. The zero-order valence-electron chi connectivity index (χ0n) is 17.4. The van der Waals surface area contributed by atoms with Crippen molar-refractivity contribution in [2.45, 2.75) is 31.1 Å². The van der Waals surface area contributed by atoms with Gasteiger partial charge in [0.2, 0.25) is 5.91 Å². The number of hydrogen-bond donors (Lipinski definition) is 1. The highest BCUT2D eigenvalue weighted by Gasteiger charge is 2.41. The molecule has 3 aliphatic heterocycles. The Hall–Kier alpha value is -2.55. The Kier molecular flexibility index (Phi) is 5.85. The second-order valence-electron chi connectivity index (χ2n) is 8.45. The predicted octanol–water partition coefficient (Wildman–Crippen LogP) is 1.39. The number of benzene rings is 1. The van der Waals surface area contributed by atoms with E-state index in [1.807, 2.05) is 29.2 Å². The molecule has 0 saturated carbocycles. The molecule has 3 aliphatic rings. The van der Waals surface area contributed by atoms with Crippen LogP contribution in [0.2, 0.25) is 0 Å². The van der Waals surface area contributed by atoms with E-state index in [1.165, 1.54) is 0 Å². The number of fused-ring (bicyclic) bond motifs is 2. The third-order valence-electron chi connectivity index (χ3n) is 6.32. The van der Waals surface area contributed by atoms with E-state index in [4.69, 9.17) is 14.2 Å². The van der Waals surface area contributed by atoms with E-state index >= 15 is 0 Å². The molecule has 164 valence electrons. The number of rotatable bonds is 3.